The zero-order valence-electron chi connectivity index (χ0n) is 4.44. The first-order chi connectivity index (χ1) is 4.22. The Balaban J connectivity index is 3.25. The van der Waals surface area contributed by atoms with Crippen LogP contribution in [0.3, 0.4) is 0 Å². The molecule has 0 unspecified atom stereocenters. The van der Waals surface area contributed by atoms with Crippen LogP contribution in [-0.4, -0.2) is 0 Å². The predicted molar refractivity (Wildman–Crippen MR) is 49.1 cm³/mol. The van der Waals surface area contributed by atoms with Gasteiger partial charge in [0, 0.05) is 13.8 Å². The second-order valence-electron chi connectivity index (χ2n) is 1.57. The molecule has 9 heavy (non-hydrogen) atoms. The highest BCUT2D eigenvalue weighted by Crippen LogP contribution is 2.27. The summed E-state index contributed by atoms with van der Waals surface area (Å²) in [6.45, 7) is 0. The van der Waals surface area contributed by atoms with Crippen LogP contribution in [0.1, 0.15) is 0 Å². The molecule has 48 valence electrons. The van der Waals surface area contributed by atoms with Gasteiger partial charge in [-0.25, -0.2) is 0 Å². The molecular weight excluding hydrogens is 264 g/mol. The Labute approximate surface area is 76.3 Å². The number of hydrogen-bond acceptors (Lipinski definition) is 1. The minimum Gasteiger partial charge on any atom is -0.141 e. The molecule has 0 nitrogen and oxygen atoms in total. The van der Waals surface area contributed by atoms with Crippen molar-refractivity contribution in [2.75, 3.05) is 0 Å². The second-order valence-corrected chi connectivity index (χ2v) is 3.73. The van der Waals surface area contributed by atoms with Crippen LogP contribution < -0.4 is 0 Å². The Morgan fingerprint density at radius 3 is 1.89 bits per heavy atom. The molecule has 0 bridgehead atoms. The smallest absolute Gasteiger partial charge is 0.0325 e. The fraction of sp³-hybridized carbons (Fsp3) is 0. The lowest BCUT2D eigenvalue weighted by atomic mass is 10.4. The molecule has 0 amide bonds. The predicted octanol–water partition coefficient (Wildman–Crippen LogP) is 3.50. The van der Waals surface area contributed by atoms with Gasteiger partial charge in [0.15, 0.2) is 0 Å². The summed E-state index contributed by atoms with van der Waals surface area (Å²) in [7, 11) is 0. The summed E-state index contributed by atoms with van der Waals surface area (Å²) in [6.07, 6.45) is 0. The third-order valence-electron chi connectivity index (χ3n) is 0.938. The molecule has 0 N–H and O–H groups in total. The van der Waals surface area contributed by atoms with Gasteiger partial charge in [-0.3, -0.25) is 0 Å². The summed E-state index contributed by atoms with van der Waals surface area (Å²) in [5, 5.41) is 0. The van der Waals surface area contributed by atoms with E-state index in [2.05, 4.69) is 44.5 Å². The lowest BCUT2D eigenvalue weighted by molar-refractivity contribution is 1.37. The van der Waals surface area contributed by atoms with Crippen molar-refractivity contribution < 1.29 is 0 Å². The summed E-state index contributed by atoms with van der Waals surface area (Å²) < 4.78 is 2.03. The lowest BCUT2D eigenvalue weighted by Gasteiger charge is -1.96. The quantitative estimate of drug-likeness (QED) is 0.684. The zero-order valence-corrected chi connectivity index (χ0v) is 8.50. The molecule has 1 aromatic carbocycles. The Morgan fingerprint density at radius 1 is 1.11 bits per heavy atom. The molecule has 0 fully saturated rings. The Morgan fingerprint density at radius 2 is 1.56 bits per heavy atom. The fourth-order valence-corrected chi connectivity index (χ4v) is 1.64. The van der Waals surface area contributed by atoms with Gasteiger partial charge in [-0.2, -0.15) is 0 Å². The van der Waals surface area contributed by atoms with Gasteiger partial charge < -0.3 is 0 Å². The van der Waals surface area contributed by atoms with E-state index < -0.39 is 0 Å². The molecular formula is C6H4Br2S. The van der Waals surface area contributed by atoms with Crippen LogP contribution in [0.2, 0.25) is 0 Å². The van der Waals surface area contributed by atoms with Gasteiger partial charge in [-0.1, -0.05) is 6.07 Å². The van der Waals surface area contributed by atoms with Crippen molar-refractivity contribution in [3.8, 4) is 0 Å². The fourth-order valence-electron chi connectivity index (χ4n) is 0.489. The van der Waals surface area contributed by atoms with Crippen LogP contribution in [-0.2, 0) is 0 Å². The molecule has 0 saturated heterocycles. The SMILES string of the molecule is Sc1c(Br)cccc1Br. The molecule has 0 spiro atoms. The zero-order chi connectivity index (χ0) is 6.85. The summed E-state index contributed by atoms with van der Waals surface area (Å²) >= 11 is 10.9. The molecule has 3 heteroatoms. The molecule has 0 aliphatic rings. The van der Waals surface area contributed by atoms with Crippen molar-refractivity contribution >= 4 is 44.5 Å². The number of halogens is 2. The highest BCUT2D eigenvalue weighted by Gasteiger charge is 1.96. The first-order valence-corrected chi connectivity index (χ1v) is 4.38. The van der Waals surface area contributed by atoms with E-state index in [-0.39, 0.29) is 0 Å². The lowest BCUT2D eigenvalue weighted by Crippen LogP contribution is -1.70. The Hall–Kier alpha value is 0.530. The van der Waals surface area contributed by atoms with E-state index in [1.807, 2.05) is 18.2 Å². The van der Waals surface area contributed by atoms with Gasteiger partial charge in [0.2, 0.25) is 0 Å². The van der Waals surface area contributed by atoms with E-state index >= 15 is 0 Å². The highest BCUT2D eigenvalue weighted by molar-refractivity contribution is 9.11. The van der Waals surface area contributed by atoms with E-state index in [0.717, 1.165) is 13.8 Å². The largest absolute Gasteiger partial charge is 0.141 e. The van der Waals surface area contributed by atoms with Gasteiger partial charge >= 0.3 is 0 Å². The maximum absolute atomic E-state index is 4.22. The van der Waals surface area contributed by atoms with Gasteiger partial charge in [0.25, 0.3) is 0 Å². The third kappa shape index (κ3) is 1.72. The minimum atomic E-state index is 0.942. The first-order valence-electron chi connectivity index (χ1n) is 2.35. The van der Waals surface area contributed by atoms with E-state index in [9.17, 15) is 0 Å². The summed E-state index contributed by atoms with van der Waals surface area (Å²) in [5.74, 6) is 0. The molecule has 1 aromatic rings. The van der Waals surface area contributed by atoms with E-state index in [0.29, 0.717) is 0 Å². The molecule has 0 aromatic heterocycles. The van der Waals surface area contributed by atoms with Crippen LogP contribution in [0, 0.1) is 0 Å². The number of benzene rings is 1. The molecule has 0 aliphatic carbocycles. The third-order valence-corrected chi connectivity index (χ3v) is 3.35. The van der Waals surface area contributed by atoms with Gasteiger partial charge in [-0.15, -0.1) is 12.6 Å². The van der Waals surface area contributed by atoms with Crippen molar-refractivity contribution in [3.05, 3.63) is 27.1 Å². The highest BCUT2D eigenvalue weighted by atomic mass is 79.9. The van der Waals surface area contributed by atoms with Crippen LogP contribution in [0.5, 0.6) is 0 Å². The summed E-state index contributed by atoms with van der Waals surface area (Å²) in [5.41, 5.74) is 0. The molecule has 0 heterocycles. The van der Waals surface area contributed by atoms with Gasteiger partial charge in [0.1, 0.15) is 0 Å². The normalized spacial score (nSPS) is 9.67. The van der Waals surface area contributed by atoms with Crippen molar-refractivity contribution in [2.24, 2.45) is 0 Å². The molecule has 0 aliphatic heterocycles. The molecule has 0 radical (unpaired) electrons. The number of hydrogen-bond donors (Lipinski definition) is 1. The van der Waals surface area contributed by atoms with Crippen molar-refractivity contribution in [1.82, 2.24) is 0 Å². The number of rotatable bonds is 0. The molecule has 0 atom stereocenters. The summed E-state index contributed by atoms with van der Waals surface area (Å²) in [6, 6.07) is 5.86. The topological polar surface area (TPSA) is 0 Å². The maximum Gasteiger partial charge on any atom is 0.0325 e. The Bertz CT molecular complexity index is 202. The molecule has 1 rings (SSSR count). The van der Waals surface area contributed by atoms with Crippen molar-refractivity contribution in [2.45, 2.75) is 4.90 Å². The maximum atomic E-state index is 4.22. The van der Waals surface area contributed by atoms with Crippen LogP contribution in [0.15, 0.2) is 32.0 Å². The average Bonchev–Trinajstić information content (AvgIpc) is 1.83. The van der Waals surface area contributed by atoms with E-state index in [1.54, 1.807) is 0 Å². The average molecular weight is 268 g/mol. The summed E-state index contributed by atoms with van der Waals surface area (Å²) in [4.78, 5) is 0.942. The second kappa shape index (κ2) is 3.08. The van der Waals surface area contributed by atoms with Gasteiger partial charge in [0.05, 0.1) is 0 Å². The van der Waals surface area contributed by atoms with Crippen molar-refractivity contribution in [3.63, 3.8) is 0 Å². The first kappa shape index (κ1) is 7.63. The number of thiol groups is 1. The minimum absolute atomic E-state index is 0.942. The Kier molecular flexibility index (Phi) is 2.61. The standard InChI is InChI=1S/C6H4Br2S/c7-4-2-1-3-5(8)6(4)9/h1-3,9H. The van der Waals surface area contributed by atoms with Crippen LogP contribution in [0.4, 0.5) is 0 Å². The monoisotopic (exact) mass is 266 g/mol. The van der Waals surface area contributed by atoms with Crippen molar-refractivity contribution in [1.29, 1.82) is 0 Å². The molecule has 0 saturated carbocycles. The van der Waals surface area contributed by atoms with Gasteiger partial charge in [-0.05, 0) is 44.0 Å². The van der Waals surface area contributed by atoms with Crippen LogP contribution in [0.25, 0.3) is 0 Å². The van der Waals surface area contributed by atoms with E-state index in [1.165, 1.54) is 0 Å². The van der Waals surface area contributed by atoms with E-state index in [4.69, 9.17) is 0 Å². The van der Waals surface area contributed by atoms with Crippen LogP contribution >= 0.6 is 44.5 Å².